The van der Waals surface area contributed by atoms with Gasteiger partial charge in [0.25, 0.3) is 0 Å². The molecular formula is C17H17N3O3S2. The molecule has 8 heteroatoms. The minimum atomic E-state index is -0.103. The van der Waals surface area contributed by atoms with E-state index in [2.05, 4.69) is 15.3 Å². The van der Waals surface area contributed by atoms with Crippen LogP contribution in [0.5, 0.6) is 11.5 Å². The lowest BCUT2D eigenvalue weighted by atomic mass is 10.1. The minimum Gasteiger partial charge on any atom is -0.493 e. The highest BCUT2D eigenvalue weighted by Crippen LogP contribution is 2.33. The third kappa shape index (κ3) is 4.02. The van der Waals surface area contributed by atoms with E-state index >= 15 is 0 Å². The van der Waals surface area contributed by atoms with Crippen molar-refractivity contribution in [3.05, 3.63) is 35.3 Å². The second-order valence-corrected chi connectivity index (χ2v) is 7.04. The number of rotatable bonds is 6. The van der Waals surface area contributed by atoms with E-state index in [1.807, 2.05) is 30.5 Å². The quantitative estimate of drug-likeness (QED) is 0.662. The number of thioether (sulfide) groups is 1. The van der Waals surface area contributed by atoms with Crippen LogP contribution in [0.25, 0.3) is 10.9 Å². The van der Waals surface area contributed by atoms with Crippen molar-refractivity contribution in [3.8, 4) is 11.5 Å². The van der Waals surface area contributed by atoms with Crippen molar-refractivity contribution < 1.29 is 14.3 Å². The molecule has 25 heavy (non-hydrogen) atoms. The first-order valence-electron chi connectivity index (χ1n) is 7.46. The van der Waals surface area contributed by atoms with Gasteiger partial charge in [0.15, 0.2) is 16.6 Å². The number of ether oxygens (including phenoxy) is 2. The normalized spacial score (nSPS) is 10.7. The molecule has 3 rings (SSSR count). The van der Waals surface area contributed by atoms with Crippen molar-refractivity contribution in [2.24, 2.45) is 0 Å². The molecule has 6 nitrogen and oxygen atoms in total. The average Bonchev–Trinajstić information content (AvgIpc) is 3.11. The summed E-state index contributed by atoms with van der Waals surface area (Å²) in [5, 5.41) is 6.97. The van der Waals surface area contributed by atoms with Crippen LogP contribution in [0.3, 0.4) is 0 Å². The third-order valence-electron chi connectivity index (χ3n) is 3.48. The number of fused-ring (bicyclic) bond motifs is 1. The summed E-state index contributed by atoms with van der Waals surface area (Å²) >= 11 is 2.79. The van der Waals surface area contributed by atoms with Crippen LogP contribution >= 0.6 is 23.1 Å². The second kappa shape index (κ2) is 7.71. The number of carbonyl (C=O) groups excluding carboxylic acids is 1. The van der Waals surface area contributed by atoms with Crippen LogP contribution in [-0.2, 0) is 4.79 Å². The van der Waals surface area contributed by atoms with E-state index in [0.717, 1.165) is 21.5 Å². The van der Waals surface area contributed by atoms with Gasteiger partial charge in [-0.3, -0.25) is 4.79 Å². The number of anilines is 1. The van der Waals surface area contributed by atoms with Gasteiger partial charge >= 0.3 is 0 Å². The lowest BCUT2D eigenvalue weighted by Gasteiger charge is -2.11. The topological polar surface area (TPSA) is 73.3 Å². The molecule has 0 saturated carbocycles. The third-order valence-corrected chi connectivity index (χ3v) is 5.26. The summed E-state index contributed by atoms with van der Waals surface area (Å²) in [6.45, 7) is 1.98. The van der Waals surface area contributed by atoms with Crippen LogP contribution in [0.2, 0.25) is 0 Å². The SMILES string of the molecule is COc1cc2cc(C)c(SCC(=O)Nc3nccs3)nc2cc1OC. The van der Waals surface area contributed by atoms with Crippen LogP contribution in [0.1, 0.15) is 5.56 Å². The van der Waals surface area contributed by atoms with Crippen molar-refractivity contribution in [1.29, 1.82) is 0 Å². The Labute approximate surface area is 153 Å². The molecule has 0 spiro atoms. The van der Waals surface area contributed by atoms with Gasteiger partial charge < -0.3 is 14.8 Å². The van der Waals surface area contributed by atoms with Gasteiger partial charge in [-0.15, -0.1) is 11.3 Å². The molecule has 0 unspecified atom stereocenters. The maximum absolute atomic E-state index is 12.0. The molecule has 0 aliphatic carbocycles. The van der Waals surface area contributed by atoms with Crippen LogP contribution in [0.4, 0.5) is 5.13 Å². The monoisotopic (exact) mass is 375 g/mol. The first kappa shape index (κ1) is 17.5. The van der Waals surface area contributed by atoms with Gasteiger partial charge in [0.1, 0.15) is 5.03 Å². The molecule has 1 amide bonds. The van der Waals surface area contributed by atoms with Gasteiger partial charge in [-0.05, 0) is 24.6 Å². The number of amides is 1. The molecule has 0 radical (unpaired) electrons. The Balaban J connectivity index is 1.79. The molecule has 0 aliphatic rings. The first-order valence-corrected chi connectivity index (χ1v) is 9.32. The number of aromatic nitrogens is 2. The van der Waals surface area contributed by atoms with E-state index in [4.69, 9.17) is 9.47 Å². The largest absolute Gasteiger partial charge is 0.493 e. The standard InChI is InChI=1S/C17H17N3O3S2/c1-10-6-11-7-13(22-2)14(23-3)8-12(11)19-16(10)25-9-15(21)20-17-18-4-5-24-17/h4-8H,9H2,1-3H3,(H,18,20,21). The van der Waals surface area contributed by atoms with E-state index in [1.165, 1.54) is 23.1 Å². The number of nitrogens with zero attached hydrogens (tertiary/aromatic N) is 2. The summed E-state index contributed by atoms with van der Waals surface area (Å²) in [6, 6.07) is 5.77. The number of benzene rings is 1. The van der Waals surface area contributed by atoms with Gasteiger partial charge in [-0.2, -0.15) is 0 Å². The molecule has 0 fully saturated rings. The Morgan fingerprint density at radius 3 is 2.68 bits per heavy atom. The van der Waals surface area contributed by atoms with Crippen molar-refractivity contribution >= 4 is 45.0 Å². The predicted octanol–water partition coefficient (Wildman–Crippen LogP) is 3.75. The maximum atomic E-state index is 12.0. The Bertz CT molecular complexity index is 898. The van der Waals surface area contributed by atoms with E-state index in [0.29, 0.717) is 16.6 Å². The molecule has 3 aromatic rings. The van der Waals surface area contributed by atoms with Crippen molar-refractivity contribution in [1.82, 2.24) is 9.97 Å². The van der Waals surface area contributed by atoms with Crippen molar-refractivity contribution in [2.45, 2.75) is 11.9 Å². The van der Waals surface area contributed by atoms with E-state index in [-0.39, 0.29) is 11.7 Å². The van der Waals surface area contributed by atoms with Crippen LogP contribution < -0.4 is 14.8 Å². The number of nitrogens with one attached hydrogen (secondary N) is 1. The molecule has 0 atom stereocenters. The fourth-order valence-electron chi connectivity index (χ4n) is 2.31. The van der Waals surface area contributed by atoms with Crippen LogP contribution in [0, 0.1) is 6.92 Å². The van der Waals surface area contributed by atoms with Crippen molar-refractivity contribution in [3.63, 3.8) is 0 Å². The molecule has 130 valence electrons. The minimum absolute atomic E-state index is 0.103. The number of pyridine rings is 1. The van der Waals surface area contributed by atoms with Crippen molar-refractivity contribution in [2.75, 3.05) is 25.3 Å². The molecular weight excluding hydrogens is 358 g/mol. The van der Waals surface area contributed by atoms with E-state index in [1.54, 1.807) is 20.4 Å². The summed E-state index contributed by atoms with van der Waals surface area (Å²) in [5.74, 6) is 1.46. The number of aryl methyl sites for hydroxylation is 1. The molecule has 2 heterocycles. The average molecular weight is 375 g/mol. The molecule has 2 aromatic heterocycles. The first-order chi connectivity index (χ1) is 12.1. The number of carbonyl (C=O) groups is 1. The van der Waals surface area contributed by atoms with E-state index < -0.39 is 0 Å². The fraction of sp³-hybridized carbons (Fsp3) is 0.235. The Hall–Kier alpha value is -2.32. The van der Waals surface area contributed by atoms with Gasteiger partial charge in [0.05, 0.1) is 25.5 Å². The Morgan fingerprint density at radius 1 is 1.24 bits per heavy atom. The van der Waals surface area contributed by atoms with Crippen LogP contribution in [0.15, 0.2) is 34.8 Å². The van der Waals surface area contributed by atoms with E-state index in [9.17, 15) is 4.79 Å². The van der Waals surface area contributed by atoms with Crippen LogP contribution in [-0.4, -0.2) is 35.8 Å². The number of thiazole rings is 1. The Morgan fingerprint density at radius 2 is 2.00 bits per heavy atom. The van der Waals surface area contributed by atoms with Gasteiger partial charge in [0, 0.05) is 23.0 Å². The second-order valence-electron chi connectivity index (χ2n) is 5.18. The fourth-order valence-corrected chi connectivity index (χ4v) is 3.64. The Kier molecular flexibility index (Phi) is 5.40. The molecule has 0 saturated heterocycles. The summed E-state index contributed by atoms with van der Waals surface area (Å²) < 4.78 is 10.7. The van der Waals surface area contributed by atoms with Gasteiger partial charge in [0.2, 0.25) is 5.91 Å². The van der Waals surface area contributed by atoms with Gasteiger partial charge in [-0.25, -0.2) is 9.97 Å². The van der Waals surface area contributed by atoms with Gasteiger partial charge in [-0.1, -0.05) is 11.8 Å². The molecule has 0 aliphatic heterocycles. The summed E-state index contributed by atoms with van der Waals surface area (Å²) in [6.07, 6.45) is 1.66. The zero-order valence-corrected chi connectivity index (χ0v) is 15.7. The summed E-state index contributed by atoms with van der Waals surface area (Å²) in [7, 11) is 3.20. The lowest BCUT2D eigenvalue weighted by molar-refractivity contribution is -0.113. The maximum Gasteiger partial charge on any atom is 0.236 e. The smallest absolute Gasteiger partial charge is 0.236 e. The summed E-state index contributed by atoms with van der Waals surface area (Å²) in [4.78, 5) is 20.7. The predicted molar refractivity (Wildman–Crippen MR) is 101 cm³/mol. The highest BCUT2D eigenvalue weighted by molar-refractivity contribution is 8.00. The highest BCUT2D eigenvalue weighted by Gasteiger charge is 2.12. The zero-order valence-electron chi connectivity index (χ0n) is 14.0. The summed E-state index contributed by atoms with van der Waals surface area (Å²) in [5.41, 5.74) is 1.80. The number of methoxy groups -OCH3 is 2. The number of hydrogen-bond acceptors (Lipinski definition) is 7. The number of hydrogen-bond donors (Lipinski definition) is 1. The highest BCUT2D eigenvalue weighted by atomic mass is 32.2. The lowest BCUT2D eigenvalue weighted by Crippen LogP contribution is -2.14. The molecule has 0 bridgehead atoms. The molecule has 1 N–H and O–H groups in total. The molecule has 1 aromatic carbocycles. The zero-order chi connectivity index (χ0) is 17.8.